The van der Waals surface area contributed by atoms with Crippen LogP contribution in [-0.2, 0) is 4.52 Å². The fourth-order valence-electron chi connectivity index (χ4n) is 6.86. The van der Waals surface area contributed by atoms with Crippen molar-refractivity contribution in [2.45, 2.75) is 63.0 Å². The molecule has 2 unspecified atom stereocenters. The van der Waals surface area contributed by atoms with E-state index < -0.39 is 8.45 Å². The molecule has 2 heterocycles. The van der Waals surface area contributed by atoms with Crippen LogP contribution < -0.4 is 4.67 Å². The van der Waals surface area contributed by atoms with Crippen molar-refractivity contribution in [3.63, 3.8) is 0 Å². The average molecular weight is 356 g/mol. The minimum absolute atomic E-state index is 0.213. The van der Waals surface area contributed by atoms with Crippen molar-refractivity contribution in [3.8, 4) is 0 Å². The Morgan fingerprint density at radius 2 is 1.64 bits per heavy atom. The van der Waals surface area contributed by atoms with Crippen LogP contribution in [0, 0.1) is 17.8 Å². The minimum Gasteiger partial charge on any atom is -0.320 e. The molecule has 2 atom stereocenters. The first-order valence-corrected chi connectivity index (χ1v) is 11.5. The van der Waals surface area contributed by atoms with Crippen molar-refractivity contribution in [3.05, 3.63) is 30.3 Å². The van der Waals surface area contributed by atoms with E-state index in [-0.39, 0.29) is 5.60 Å². The summed E-state index contributed by atoms with van der Waals surface area (Å²) < 4.78 is 12.6. The molecule has 0 radical (unpaired) electrons. The van der Waals surface area contributed by atoms with Crippen molar-refractivity contribution in [1.82, 2.24) is 4.67 Å². The van der Waals surface area contributed by atoms with Gasteiger partial charge >= 0.3 is 0 Å². The maximum Gasteiger partial charge on any atom is 0.218 e. The van der Waals surface area contributed by atoms with Gasteiger partial charge in [0.2, 0.25) is 8.45 Å². The molecular weight excluding hydrogens is 327 g/mol. The van der Waals surface area contributed by atoms with Crippen LogP contribution in [0.5, 0.6) is 0 Å². The minimum atomic E-state index is -0.619. The Kier molecular flexibility index (Phi) is 3.51. The van der Waals surface area contributed by atoms with Crippen molar-refractivity contribution in [1.29, 1.82) is 0 Å². The number of rotatable bonds is 3. The molecule has 1 aromatic carbocycles. The maximum atomic E-state index is 7.21. The lowest BCUT2D eigenvalue weighted by atomic mass is 9.54. The van der Waals surface area contributed by atoms with E-state index in [1.54, 1.807) is 0 Å². The van der Waals surface area contributed by atoms with E-state index >= 15 is 0 Å². The Bertz CT molecular complexity index is 615. The molecule has 4 heteroatoms. The number of hydrogen-bond donors (Lipinski definition) is 0. The molecule has 0 amide bonds. The van der Waals surface area contributed by atoms with Gasteiger partial charge < -0.3 is 9.19 Å². The molecule has 4 aliphatic carbocycles. The van der Waals surface area contributed by atoms with Crippen LogP contribution in [0.1, 0.15) is 51.4 Å². The lowest BCUT2D eigenvalue weighted by molar-refractivity contribution is -0.105. The van der Waals surface area contributed by atoms with E-state index in [4.69, 9.17) is 4.52 Å². The molecule has 4 saturated carbocycles. The number of para-hydroxylation sites is 1. The van der Waals surface area contributed by atoms with E-state index in [0.29, 0.717) is 0 Å². The van der Waals surface area contributed by atoms with Crippen LogP contribution in [0.15, 0.2) is 30.3 Å². The van der Waals surface area contributed by atoms with Crippen molar-refractivity contribution < 1.29 is 4.52 Å². The van der Waals surface area contributed by atoms with E-state index in [1.807, 2.05) is 0 Å². The van der Waals surface area contributed by atoms with Gasteiger partial charge in [0.15, 0.2) is 0 Å². The lowest BCUT2D eigenvalue weighted by Gasteiger charge is -2.57. The van der Waals surface area contributed by atoms with Crippen LogP contribution in [-0.4, -0.2) is 29.4 Å². The Labute approximate surface area is 152 Å². The summed E-state index contributed by atoms with van der Waals surface area (Å²) in [6.07, 6.45) is 11.2. The largest absolute Gasteiger partial charge is 0.320 e. The monoisotopic (exact) mass is 356 g/mol. The van der Waals surface area contributed by atoms with E-state index in [2.05, 4.69) is 39.7 Å². The number of anilines is 1. The first-order chi connectivity index (χ1) is 12.3. The van der Waals surface area contributed by atoms with Gasteiger partial charge in [-0.2, -0.15) is 0 Å². The summed E-state index contributed by atoms with van der Waals surface area (Å²) in [5.41, 5.74) is 1.58. The number of benzene rings is 1. The molecule has 0 aromatic heterocycles. The third kappa shape index (κ3) is 2.50. The predicted molar refractivity (Wildman–Crippen MR) is 102 cm³/mol. The van der Waals surface area contributed by atoms with Gasteiger partial charge in [-0.05, 0) is 81.3 Å². The summed E-state index contributed by atoms with van der Waals surface area (Å²) in [6, 6.07) is 11.8. The van der Waals surface area contributed by atoms with Gasteiger partial charge in [-0.3, -0.25) is 0 Å². The van der Waals surface area contributed by atoms with Gasteiger partial charge in [0, 0.05) is 24.8 Å². The Morgan fingerprint density at radius 1 is 0.960 bits per heavy atom. The highest BCUT2D eigenvalue weighted by Crippen LogP contribution is 2.65. The zero-order valence-electron chi connectivity index (χ0n) is 15.0. The van der Waals surface area contributed by atoms with Crippen LogP contribution in [0.25, 0.3) is 0 Å². The summed E-state index contributed by atoms with van der Waals surface area (Å²) in [4.78, 5) is 0. The molecule has 6 aliphatic rings. The third-order valence-corrected chi connectivity index (χ3v) is 9.79. The summed E-state index contributed by atoms with van der Waals surface area (Å²) >= 11 is 0. The van der Waals surface area contributed by atoms with Gasteiger partial charge in [0.25, 0.3) is 0 Å². The standard InChI is InChI=1S/C21H29N2OP/c1-2-5-19(6-3-1)23-15-20-7-4-8-22(20)25(23)24-21-12-16-9-17(13-21)11-18(10-16)14-21/h1-3,5-6,16-18,20H,4,7-15H2. The lowest BCUT2D eigenvalue weighted by Crippen LogP contribution is -2.52. The highest BCUT2D eigenvalue weighted by molar-refractivity contribution is 7.52. The Hall–Kier alpha value is -0.630. The molecule has 0 spiro atoms. The summed E-state index contributed by atoms with van der Waals surface area (Å²) in [5.74, 6) is 2.88. The van der Waals surface area contributed by atoms with Gasteiger partial charge in [-0.25, -0.2) is 4.67 Å². The molecule has 134 valence electrons. The Morgan fingerprint density at radius 3 is 2.32 bits per heavy atom. The highest BCUT2D eigenvalue weighted by Gasteiger charge is 2.55. The van der Waals surface area contributed by atoms with E-state index in [9.17, 15) is 0 Å². The van der Waals surface area contributed by atoms with Crippen LogP contribution in [0.2, 0.25) is 0 Å². The van der Waals surface area contributed by atoms with Gasteiger partial charge in [0.1, 0.15) is 0 Å². The second kappa shape index (κ2) is 5.68. The normalized spacial score (nSPS) is 45.3. The molecule has 25 heavy (non-hydrogen) atoms. The van der Waals surface area contributed by atoms with Crippen LogP contribution in [0.4, 0.5) is 5.69 Å². The fraction of sp³-hybridized carbons (Fsp3) is 0.714. The molecule has 3 nitrogen and oxygen atoms in total. The summed E-state index contributed by atoms with van der Waals surface area (Å²) in [7, 11) is -0.619. The van der Waals surface area contributed by atoms with Gasteiger partial charge in [0.05, 0.1) is 5.60 Å². The van der Waals surface area contributed by atoms with Gasteiger partial charge in [-0.15, -0.1) is 0 Å². The molecule has 1 aromatic rings. The first-order valence-electron chi connectivity index (χ1n) is 10.4. The number of nitrogens with zero attached hydrogens (tertiary/aromatic N) is 2. The summed E-state index contributed by atoms with van der Waals surface area (Å²) in [5, 5.41) is 0. The van der Waals surface area contributed by atoms with Crippen LogP contribution >= 0.6 is 8.45 Å². The smallest absolute Gasteiger partial charge is 0.218 e. The SMILES string of the molecule is c1ccc(N2CC3CCCN3P2OC23CC4CC(CC(C4)C2)C3)cc1. The molecule has 2 aliphatic heterocycles. The van der Waals surface area contributed by atoms with Crippen LogP contribution in [0.3, 0.4) is 0 Å². The third-order valence-electron chi connectivity index (χ3n) is 7.47. The molecular formula is C21H29N2OP. The zero-order valence-corrected chi connectivity index (χ0v) is 15.9. The Balaban J connectivity index is 1.31. The topological polar surface area (TPSA) is 15.7 Å². The number of hydrogen-bond acceptors (Lipinski definition) is 3. The molecule has 0 N–H and O–H groups in total. The van der Waals surface area contributed by atoms with E-state index in [1.165, 1.54) is 70.1 Å². The van der Waals surface area contributed by atoms with Gasteiger partial charge in [-0.1, -0.05) is 18.2 Å². The maximum absolute atomic E-state index is 7.21. The fourth-order valence-corrected chi connectivity index (χ4v) is 9.35. The highest BCUT2D eigenvalue weighted by atomic mass is 31.2. The second-order valence-corrected chi connectivity index (χ2v) is 11.0. The molecule has 4 bridgehead atoms. The number of fused-ring (bicyclic) bond motifs is 1. The quantitative estimate of drug-likeness (QED) is 0.694. The molecule has 2 saturated heterocycles. The van der Waals surface area contributed by atoms with Crippen molar-refractivity contribution in [2.75, 3.05) is 17.8 Å². The average Bonchev–Trinajstić information content (AvgIpc) is 3.17. The second-order valence-electron chi connectivity index (χ2n) is 9.32. The van der Waals surface area contributed by atoms with Crippen molar-refractivity contribution >= 4 is 14.1 Å². The first kappa shape index (κ1) is 15.4. The molecule has 6 fully saturated rings. The summed E-state index contributed by atoms with van der Waals surface area (Å²) in [6.45, 7) is 2.41. The predicted octanol–water partition coefficient (Wildman–Crippen LogP) is 5.18. The molecule has 7 rings (SSSR count). The zero-order chi connectivity index (χ0) is 16.4. The van der Waals surface area contributed by atoms with Crippen molar-refractivity contribution in [2.24, 2.45) is 17.8 Å². The van der Waals surface area contributed by atoms with E-state index in [0.717, 1.165) is 23.8 Å².